The van der Waals surface area contributed by atoms with Gasteiger partial charge in [-0.1, -0.05) is 54.1 Å². The van der Waals surface area contributed by atoms with Crippen LogP contribution in [0.3, 0.4) is 0 Å². The summed E-state index contributed by atoms with van der Waals surface area (Å²) in [5.74, 6) is -1.38. The standard InChI is InChI=1S/C25H22ClFN2O2/c1-16-6-11-20-21(14-28-13-17-7-9-19(26)10-8-17)24(25(30)31)29(23(20)12-16)15-18-4-2-3-5-22(18)27/h2-12,28H,13-15H2,1H3,(H,30,31). The highest BCUT2D eigenvalue weighted by Crippen LogP contribution is 2.29. The quantitative estimate of drug-likeness (QED) is 0.386. The second-order valence-electron chi connectivity index (χ2n) is 7.56. The number of carboxylic acids is 1. The van der Waals surface area contributed by atoms with Crippen LogP contribution in [0.4, 0.5) is 4.39 Å². The van der Waals surface area contributed by atoms with E-state index >= 15 is 0 Å². The number of nitrogens with one attached hydrogen (secondary N) is 1. The zero-order valence-electron chi connectivity index (χ0n) is 17.0. The number of hydrogen-bond donors (Lipinski definition) is 2. The van der Waals surface area contributed by atoms with Crippen LogP contribution in [0.25, 0.3) is 10.9 Å². The van der Waals surface area contributed by atoms with Gasteiger partial charge in [0.05, 0.1) is 6.54 Å². The van der Waals surface area contributed by atoms with Crippen molar-refractivity contribution in [3.63, 3.8) is 0 Å². The van der Waals surface area contributed by atoms with E-state index in [1.165, 1.54) is 6.07 Å². The molecule has 4 rings (SSSR count). The Morgan fingerprint density at radius 1 is 1.06 bits per heavy atom. The zero-order chi connectivity index (χ0) is 22.0. The Balaban J connectivity index is 1.73. The van der Waals surface area contributed by atoms with Crippen LogP contribution in [0.15, 0.2) is 66.7 Å². The molecule has 2 N–H and O–H groups in total. The van der Waals surface area contributed by atoms with Gasteiger partial charge in [0.1, 0.15) is 11.5 Å². The van der Waals surface area contributed by atoms with Crippen molar-refractivity contribution in [3.05, 3.63) is 106 Å². The van der Waals surface area contributed by atoms with Gasteiger partial charge >= 0.3 is 5.97 Å². The van der Waals surface area contributed by atoms with Crippen LogP contribution in [0.2, 0.25) is 5.02 Å². The first kappa shape index (κ1) is 21.1. The molecule has 0 atom stereocenters. The smallest absolute Gasteiger partial charge is 0.352 e. The number of aromatic nitrogens is 1. The lowest BCUT2D eigenvalue weighted by Gasteiger charge is -2.11. The minimum atomic E-state index is -1.03. The Labute approximate surface area is 184 Å². The highest BCUT2D eigenvalue weighted by atomic mass is 35.5. The summed E-state index contributed by atoms with van der Waals surface area (Å²) in [6.07, 6.45) is 0. The lowest BCUT2D eigenvalue weighted by molar-refractivity contribution is 0.0684. The fourth-order valence-corrected chi connectivity index (χ4v) is 3.98. The van der Waals surface area contributed by atoms with Crippen LogP contribution in [0.1, 0.15) is 32.7 Å². The van der Waals surface area contributed by atoms with Crippen molar-refractivity contribution in [1.82, 2.24) is 9.88 Å². The molecule has 0 spiro atoms. The van der Waals surface area contributed by atoms with Gasteiger partial charge < -0.3 is 15.0 Å². The molecule has 1 heterocycles. The molecule has 1 aromatic heterocycles. The van der Waals surface area contributed by atoms with E-state index in [-0.39, 0.29) is 18.1 Å². The Hall–Kier alpha value is -3.15. The second kappa shape index (κ2) is 8.92. The van der Waals surface area contributed by atoms with Gasteiger partial charge in [0.15, 0.2) is 0 Å². The summed E-state index contributed by atoms with van der Waals surface area (Å²) < 4.78 is 16.0. The maximum atomic E-state index is 14.3. The molecule has 4 nitrogen and oxygen atoms in total. The molecule has 0 amide bonds. The summed E-state index contributed by atoms with van der Waals surface area (Å²) in [4.78, 5) is 12.3. The first-order chi connectivity index (χ1) is 14.9. The third-order valence-corrected chi connectivity index (χ3v) is 5.61. The van der Waals surface area contributed by atoms with E-state index < -0.39 is 5.97 Å². The normalized spacial score (nSPS) is 11.2. The molecule has 31 heavy (non-hydrogen) atoms. The molecule has 0 unspecified atom stereocenters. The number of nitrogens with zero attached hydrogens (tertiary/aromatic N) is 1. The Kier molecular flexibility index (Phi) is 6.07. The fourth-order valence-electron chi connectivity index (χ4n) is 3.85. The number of hydrogen-bond acceptors (Lipinski definition) is 2. The van der Waals surface area contributed by atoms with Crippen LogP contribution in [-0.4, -0.2) is 15.6 Å². The number of halogens is 2. The van der Waals surface area contributed by atoms with Crippen molar-refractivity contribution < 1.29 is 14.3 Å². The highest BCUT2D eigenvalue weighted by molar-refractivity contribution is 6.30. The van der Waals surface area contributed by atoms with Crippen LogP contribution >= 0.6 is 11.6 Å². The monoisotopic (exact) mass is 436 g/mol. The van der Waals surface area contributed by atoms with Gasteiger partial charge in [-0.3, -0.25) is 0 Å². The Bertz CT molecular complexity index is 1250. The summed E-state index contributed by atoms with van der Waals surface area (Å²) in [6, 6.07) is 19.8. The number of carbonyl (C=O) groups is 1. The average molecular weight is 437 g/mol. The van der Waals surface area contributed by atoms with Crippen LogP contribution in [-0.2, 0) is 19.6 Å². The third-order valence-electron chi connectivity index (χ3n) is 5.36. The summed E-state index contributed by atoms with van der Waals surface area (Å²) >= 11 is 5.94. The number of fused-ring (bicyclic) bond motifs is 1. The predicted molar refractivity (Wildman–Crippen MR) is 121 cm³/mol. The van der Waals surface area contributed by atoms with Gasteiger partial charge in [-0.2, -0.15) is 0 Å². The SMILES string of the molecule is Cc1ccc2c(CNCc3ccc(Cl)cc3)c(C(=O)O)n(Cc3ccccc3F)c2c1. The summed E-state index contributed by atoms with van der Waals surface area (Å²) in [6.45, 7) is 3.04. The lowest BCUT2D eigenvalue weighted by Crippen LogP contribution is -2.17. The molecule has 0 bridgehead atoms. The summed E-state index contributed by atoms with van der Waals surface area (Å²) in [7, 11) is 0. The van der Waals surface area contributed by atoms with E-state index in [1.807, 2.05) is 49.4 Å². The zero-order valence-corrected chi connectivity index (χ0v) is 17.8. The van der Waals surface area contributed by atoms with Crippen LogP contribution in [0.5, 0.6) is 0 Å². The molecule has 0 aliphatic carbocycles. The number of aryl methyl sites for hydroxylation is 1. The van der Waals surface area contributed by atoms with Crippen molar-refractivity contribution in [1.29, 1.82) is 0 Å². The van der Waals surface area contributed by atoms with Crippen molar-refractivity contribution in [3.8, 4) is 0 Å². The maximum Gasteiger partial charge on any atom is 0.352 e. The Morgan fingerprint density at radius 2 is 1.81 bits per heavy atom. The molecule has 0 fully saturated rings. The number of carboxylic acid groups (broad SMARTS) is 1. The van der Waals surface area contributed by atoms with E-state index in [2.05, 4.69) is 5.32 Å². The first-order valence-electron chi connectivity index (χ1n) is 9.97. The second-order valence-corrected chi connectivity index (χ2v) is 8.00. The molecular formula is C25H22ClFN2O2. The molecule has 0 saturated heterocycles. The maximum absolute atomic E-state index is 14.3. The van der Waals surface area contributed by atoms with Gasteiger partial charge in [-0.15, -0.1) is 0 Å². The number of benzene rings is 3. The minimum Gasteiger partial charge on any atom is -0.477 e. The van der Waals surface area contributed by atoms with Crippen LogP contribution < -0.4 is 5.32 Å². The van der Waals surface area contributed by atoms with E-state index in [9.17, 15) is 14.3 Å². The van der Waals surface area contributed by atoms with Crippen molar-refractivity contribution in [2.24, 2.45) is 0 Å². The Morgan fingerprint density at radius 3 is 2.52 bits per heavy atom. The average Bonchev–Trinajstić information content (AvgIpc) is 3.04. The van der Waals surface area contributed by atoms with E-state index in [1.54, 1.807) is 22.8 Å². The molecule has 158 valence electrons. The highest BCUT2D eigenvalue weighted by Gasteiger charge is 2.23. The van der Waals surface area contributed by atoms with Gasteiger partial charge in [-0.05, 0) is 42.3 Å². The minimum absolute atomic E-state index is 0.144. The molecule has 4 aromatic rings. The third kappa shape index (κ3) is 4.48. The van der Waals surface area contributed by atoms with Crippen molar-refractivity contribution in [2.45, 2.75) is 26.6 Å². The van der Waals surface area contributed by atoms with Gasteiger partial charge in [-0.25, -0.2) is 9.18 Å². The van der Waals surface area contributed by atoms with E-state index in [0.717, 1.165) is 22.0 Å². The van der Waals surface area contributed by atoms with Gasteiger partial charge in [0.2, 0.25) is 0 Å². The van der Waals surface area contributed by atoms with E-state index in [0.29, 0.717) is 29.2 Å². The van der Waals surface area contributed by atoms with Crippen molar-refractivity contribution >= 4 is 28.5 Å². The largest absolute Gasteiger partial charge is 0.477 e. The topological polar surface area (TPSA) is 54.3 Å². The van der Waals surface area contributed by atoms with Gasteiger partial charge in [0.25, 0.3) is 0 Å². The summed E-state index contributed by atoms with van der Waals surface area (Å²) in [5.41, 5.74) is 4.15. The number of aromatic carboxylic acids is 1. The molecular weight excluding hydrogens is 415 g/mol. The number of rotatable bonds is 7. The molecule has 0 aliphatic heterocycles. The van der Waals surface area contributed by atoms with Crippen LogP contribution in [0, 0.1) is 12.7 Å². The summed E-state index contributed by atoms with van der Waals surface area (Å²) in [5, 5.41) is 14.9. The first-order valence-corrected chi connectivity index (χ1v) is 10.4. The molecule has 0 radical (unpaired) electrons. The molecule has 3 aromatic carbocycles. The predicted octanol–water partition coefficient (Wildman–Crippen LogP) is 5.78. The molecule has 6 heteroatoms. The molecule has 0 aliphatic rings. The van der Waals surface area contributed by atoms with Crippen molar-refractivity contribution in [2.75, 3.05) is 0 Å². The van der Waals surface area contributed by atoms with E-state index in [4.69, 9.17) is 11.6 Å². The van der Waals surface area contributed by atoms with Gasteiger partial charge in [0, 0.05) is 40.1 Å². The lowest BCUT2D eigenvalue weighted by atomic mass is 10.1. The molecule has 0 saturated carbocycles. The fraction of sp³-hybridized carbons (Fsp3) is 0.160.